The summed E-state index contributed by atoms with van der Waals surface area (Å²) in [6, 6.07) is 0.674. The second-order valence-electron chi connectivity index (χ2n) is 6.89. The van der Waals surface area contributed by atoms with Gasteiger partial charge < -0.3 is 15.0 Å². The minimum Gasteiger partial charge on any atom is -0.381 e. The maximum atomic E-state index is 5.56. The van der Waals surface area contributed by atoms with Crippen LogP contribution < -0.4 is 5.32 Å². The molecule has 0 bridgehead atoms. The molecule has 20 heavy (non-hydrogen) atoms. The van der Waals surface area contributed by atoms with Crippen molar-refractivity contribution in [1.29, 1.82) is 0 Å². The molecule has 2 heterocycles. The standard InChI is InChI=1S/C16H33N3O/c1-14(2)16(19-8-6-18(3)7-9-19)12-17-11-15-5-4-10-20-13-15/h14-17H,4-13H2,1-3H3. The van der Waals surface area contributed by atoms with Gasteiger partial charge in [0.2, 0.25) is 0 Å². The second-order valence-corrected chi connectivity index (χ2v) is 6.89. The molecule has 118 valence electrons. The molecule has 1 N–H and O–H groups in total. The molecule has 0 aromatic heterocycles. The molecule has 4 nitrogen and oxygen atoms in total. The number of nitrogens with one attached hydrogen (secondary N) is 1. The van der Waals surface area contributed by atoms with Crippen molar-refractivity contribution in [3.05, 3.63) is 0 Å². The molecule has 0 aliphatic carbocycles. The molecule has 2 saturated heterocycles. The van der Waals surface area contributed by atoms with Crippen LogP contribution >= 0.6 is 0 Å². The minimum absolute atomic E-state index is 0.674. The van der Waals surface area contributed by atoms with E-state index in [1.54, 1.807) is 0 Å². The second kappa shape index (κ2) is 8.32. The molecule has 0 radical (unpaired) electrons. The van der Waals surface area contributed by atoms with Crippen molar-refractivity contribution in [2.45, 2.75) is 32.7 Å². The summed E-state index contributed by atoms with van der Waals surface area (Å²) in [5.41, 5.74) is 0. The van der Waals surface area contributed by atoms with Gasteiger partial charge in [-0.3, -0.25) is 4.90 Å². The van der Waals surface area contributed by atoms with Crippen LogP contribution in [0.2, 0.25) is 0 Å². The van der Waals surface area contributed by atoms with E-state index in [0.717, 1.165) is 32.2 Å². The van der Waals surface area contributed by atoms with Crippen LogP contribution in [-0.4, -0.2) is 75.4 Å². The Kier molecular flexibility index (Phi) is 6.75. The van der Waals surface area contributed by atoms with E-state index >= 15 is 0 Å². The van der Waals surface area contributed by atoms with Crippen LogP contribution in [0.5, 0.6) is 0 Å². The molecule has 0 aromatic carbocycles. The molecule has 0 saturated carbocycles. The fraction of sp³-hybridized carbons (Fsp3) is 1.00. The van der Waals surface area contributed by atoms with Gasteiger partial charge in [-0.1, -0.05) is 13.8 Å². The molecule has 4 heteroatoms. The van der Waals surface area contributed by atoms with Crippen LogP contribution in [-0.2, 0) is 4.74 Å². The Balaban J connectivity index is 1.71. The Morgan fingerprint density at radius 2 is 1.95 bits per heavy atom. The SMILES string of the molecule is CC(C)C(CNCC1CCCOC1)N1CCN(C)CC1. The highest BCUT2D eigenvalue weighted by Crippen LogP contribution is 2.15. The first-order chi connectivity index (χ1) is 9.66. The van der Waals surface area contributed by atoms with Crippen molar-refractivity contribution in [2.24, 2.45) is 11.8 Å². The fourth-order valence-electron chi connectivity index (χ4n) is 3.34. The summed E-state index contributed by atoms with van der Waals surface area (Å²) in [5, 5.41) is 3.71. The first-order valence-corrected chi connectivity index (χ1v) is 8.38. The van der Waals surface area contributed by atoms with Crippen LogP contribution in [0.4, 0.5) is 0 Å². The number of nitrogens with zero attached hydrogens (tertiary/aromatic N) is 2. The van der Waals surface area contributed by atoms with Crippen molar-refractivity contribution in [2.75, 3.05) is 59.5 Å². The van der Waals surface area contributed by atoms with E-state index in [1.165, 1.54) is 39.0 Å². The lowest BCUT2D eigenvalue weighted by molar-refractivity contribution is 0.0515. The lowest BCUT2D eigenvalue weighted by Crippen LogP contribution is -2.54. The van der Waals surface area contributed by atoms with Gasteiger partial charge >= 0.3 is 0 Å². The minimum atomic E-state index is 0.674. The maximum absolute atomic E-state index is 5.56. The van der Waals surface area contributed by atoms with Crippen molar-refractivity contribution in [3.8, 4) is 0 Å². The van der Waals surface area contributed by atoms with Crippen LogP contribution in [0, 0.1) is 11.8 Å². The van der Waals surface area contributed by atoms with Gasteiger partial charge in [0.15, 0.2) is 0 Å². The third kappa shape index (κ3) is 4.99. The summed E-state index contributed by atoms with van der Waals surface area (Å²) < 4.78 is 5.56. The van der Waals surface area contributed by atoms with Gasteiger partial charge in [-0.25, -0.2) is 0 Å². The van der Waals surface area contributed by atoms with E-state index in [0.29, 0.717) is 12.0 Å². The summed E-state index contributed by atoms with van der Waals surface area (Å²) in [7, 11) is 2.23. The Morgan fingerprint density at radius 3 is 2.55 bits per heavy atom. The normalized spacial score (nSPS) is 27.9. The van der Waals surface area contributed by atoms with Crippen molar-refractivity contribution in [1.82, 2.24) is 15.1 Å². The highest BCUT2D eigenvalue weighted by molar-refractivity contribution is 4.82. The van der Waals surface area contributed by atoms with Gasteiger partial charge in [-0.2, -0.15) is 0 Å². The summed E-state index contributed by atoms with van der Waals surface area (Å²) in [6.45, 7) is 13.7. The van der Waals surface area contributed by atoms with Crippen molar-refractivity contribution in [3.63, 3.8) is 0 Å². The third-order valence-corrected chi connectivity index (χ3v) is 4.82. The molecule has 2 aliphatic heterocycles. The predicted octanol–water partition coefficient (Wildman–Crippen LogP) is 1.27. The van der Waals surface area contributed by atoms with Crippen molar-refractivity contribution < 1.29 is 4.74 Å². The van der Waals surface area contributed by atoms with Gasteiger partial charge in [-0.15, -0.1) is 0 Å². The number of likely N-dealkylation sites (N-methyl/N-ethyl adjacent to an activating group) is 1. The number of hydrogen-bond donors (Lipinski definition) is 1. The van der Waals surface area contributed by atoms with E-state index in [1.807, 2.05) is 0 Å². The fourth-order valence-corrected chi connectivity index (χ4v) is 3.34. The molecule has 2 rings (SSSR count). The molecule has 0 spiro atoms. The molecular formula is C16H33N3O. The third-order valence-electron chi connectivity index (χ3n) is 4.82. The van der Waals surface area contributed by atoms with Gasteiger partial charge in [-0.05, 0) is 31.7 Å². The molecule has 2 fully saturated rings. The van der Waals surface area contributed by atoms with E-state index < -0.39 is 0 Å². The first-order valence-electron chi connectivity index (χ1n) is 8.38. The highest BCUT2D eigenvalue weighted by atomic mass is 16.5. The van der Waals surface area contributed by atoms with Gasteiger partial charge in [0.1, 0.15) is 0 Å². The number of piperazine rings is 1. The average Bonchev–Trinajstić information content (AvgIpc) is 2.46. The summed E-state index contributed by atoms with van der Waals surface area (Å²) in [4.78, 5) is 5.11. The smallest absolute Gasteiger partial charge is 0.0506 e. The van der Waals surface area contributed by atoms with Crippen LogP contribution in [0.3, 0.4) is 0 Å². The van der Waals surface area contributed by atoms with E-state index in [4.69, 9.17) is 4.74 Å². The molecule has 2 aliphatic rings. The van der Waals surface area contributed by atoms with Gasteiger partial charge in [0.25, 0.3) is 0 Å². The quantitative estimate of drug-likeness (QED) is 0.795. The van der Waals surface area contributed by atoms with E-state index in [9.17, 15) is 0 Å². The maximum Gasteiger partial charge on any atom is 0.0506 e. The Bertz CT molecular complexity index is 258. The van der Waals surface area contributed by atoms with E-state index in [2.05, 4.69) is 36.0 Å². The van der Waals surface area contributed by atoms with Crippen LogP contribution in [0.15, 0.2) is 0 Å². The lowest BCUT2D eigenvalue weighted by atomic mass is 9.99. The molecule has 0 amide bonds. The summed E-state index contributed by atoms with van der Waals surface area (Å²) in [6.07, 6.45) is 2.56. The number of hydrogen-bond acceptors (Lipinski definition) is 4. The highest BCUT2D eigenvalue weighted by Gasteiger charge is 2.25. The van der Waals surface area contributed by atoms with Crippen molar-refractivity contribution >= 4 is 0 Å². The molecular weight excluding hydrogens is 250 g/mol. The van der Waals surface area contributed by atoms with Gasteiger partial charge in [0, 0.05) is 51.9 Å². The van der Waals surface area contributed by atoms with Crippen LogP contribution in [0.25, 0.3) is 0 Å². The summed E-state index contributed by atoms with van der Waals surface area (Å²) in [5.74, 6) is 1.44. The zero-order valence-corrected chi connectivity index (χ0v) is 13.6. The number of ether oxygens (including phenoxy) is 1. The average molecular weight is 283 g/mol. The Hall–Kier alpha value is -0.160. The Morgan fingerprint density at radius 1 is 1.20 bits per heavy atom. The molecule has 2 atom stereocenters. The largest absolute Gasteiger partial charge is 0.381 e. The molecule has 2 unspecified atom stereocenters. The monoisotopic (exact) mass is 283 g/mol. The van der Waals surface area contributed by atoms with Crippen LogP contribution in [0.1, 0.15) is 26.7 Å². The Labute approximate surface area is 124 Å². The zero-order valence-electron chi connectivity index (χ0n) is 13.6. The first kappa shape index (κ1) is 16.2. The molecule has 0 aromatic rings. The topological polar surface area (TPSA) is 27.7 Å². The summed E-state index contributed by atoms with van der Waals surface area (Å²) >= 11 is 0. The van der Waals surface area contributed by atoms with E-state index in [-0.39, 0.29) is 0 Å². The number of rotatable bonds is 6. The predicted molar refractivity (Wildman–Crippen MR) is 84.1 cm³/mol. The lowest BCUT2D eigenvalue weighted by Gasteiger charge is -2.40. The van der Waals surface area contributed by atoms with Gasteiger partial charge in [0.05, 0.1) is 6.61 Å². The zero-order chi connectivity index (χ0) is 14.4.